The number of aryl methyl sites for hydroxylation is 1. The van der Waals surface area contributed by atoms with E-state index in [0.717, 1.165) is 11.1 Å². The van der Waals surface area contributed by atoms with E-state index in [4.69, 9.17) is 23.2 Å². The molecule has 0 saturated carbocycles. The molecule has 5 nitrogen and oxygen atoms in total. The van der Waals surface area contributed by atoms with Crippen LogP contribution in [0.3, 0.4) is 0 Å². The van der Waals surface area contributed by atoms with Gasteiger partial charge in [-0.1, -0.05) is 65.7 Å². The van der Waals surface area contributed by atoms with Gasteiger partial charge in [0, 0.05) is 17.5 Å². The number of carbonyl (C=O) groups excluding carboxylic acids is 1. The van der Waals surface area contributed by atoms with Gasteiger partial charge in [-0.15, -0.1) is 0 Å². The molecule has 1 atom stereocenters. The number of hydrogen-bond acceptors (Lipinski definition) is 3. The standard InChI is InChI=1S/C23H22Cl2N2O3S/c1-16(18-5-3-2-4-6-18)27-31(29,30)20-11-7-17(8-12-20)9-14-23(28)26-22-13-10-19(24)15-21(22)25/h2-8,10-13,15-16,27H,9,14H2,1H3,(H,26,28)/t16-/m0/s1. The number of nitrogens with one attached hydrogen (secondary N) is 2. The quantitative estimate of drug-likeness (QED) is 0.443. The molecule has 31 heavy (non-hydrogen) atoms. The van der Waals surface area contributed by atoms with Crippen LogP contribution in [0.2, 0.25) is 10.0 Å². The number of amides is 1. The van der Waals surface area contributed by atoms with E-state index in [1.165, 1.54) is 0 Å². The average molecular weight is 477 g/mol. The number of carbonyl (C=O) groups is 1. The lowest BCUT2D eigenvalue weighted by Gasteiger charge is -2.15. The van der Waals surface area contributed by atoms with E-state index in [9.17, 15) is 13.2 Å². The van der Waals surface area contributed by atoms with E-state index in [-0.39, 0.29) is 23.3 Å². The van der Waals surface area contributed by atoms with Crippen molar-refractivity contribution in [3.8, 4) is 0 Å². The van der Waals surface area contributed by atoms with Gasteiger partial charge in [0.15, 0.2) is 0 Å². The first-order chi connectivity index (χ1) is 14.7. The summed E-state index contributed by atoms with van der Waals surface area (Å²) in [5.74, 6) is -0.195. The van der Waals surface area contributed by atoms with Crippen LogP contribution in [0, 0.1) is 0 Å². The molecule has 0 spiro atoms. The Morgan fingerprint density at radius 1 is 0.968 bits per heavy atom. The topological polar surface area (TPSA) is 75.3 Å². The minimum atomic E-state index is -3.66. The van der Waals surface area contributed by atoms with Gasteiger partial charge in [0.1, 0.15) is 0 Å². The van der Waals surface area contributed by atoms with E-state index in [0.29, 0.717) is 22.2 Å². The lowest BCUT2D eigenvalue weighted by Crippen LogP contribution is -2.26. The molecule has 0 fully saturated rings. The van der Waals surface area contributed by atoms with Crippen molar-refractivity contribution < 1.29 is 13.2 Å². The maximum atomic E-state index is 12.7. The molecule has 0 saturated heterocycles. The lowest BCUT2D eigenvalue weighted by molar-refractivity contribution is -0.116. The third-order valence-corrected chi connectivity index (χ3v) is 6.82. The zero-order valence-corrected chi connectivity index (χ0v) is 19.1. The highest BCUT2D eigenvalue weighted by Gasteiger charge is 2.18. The smallest absolute Gasteiger partial charge is 0.241 e. The third kappa shape index (κ3) is 6.55. The third-order valence-electron chi connectivity index (χ3n) is 4.71. The van der Waals surface area contributed by atoms with Crippen LogP contribution in [0.5, 0.6) is 0 Å². The number of hydrogen-bond donors (Lipinski definition) is 2. The van der Waals surface area contributed by atoms with Gasteiger partial charge in [0.2, 0.25) is 15.9 Å². The van der Waals surface area contributed by atoms with Crippen LogP contribution < -0.4 is 10.0 Å². The van der Waals surface area contributed by atoms with Crippen LogP contribution >= 0.6 is 23.2 Å². The second-order valence-electron chi connectivity index (χ2n) is 7.07. The van der Waals surface area contributed by atoms with Crippen LogP contribution in [0.25, 0.3) is 0 Å². The number of rotatable bonds is 8. The fraction of sp³-hybridized carbons (Fsp3) is 0.174. The average Bonchev–Trinajstić information content (AvgIpc) is 2.75. The molecule has 162 valence electrons. The highest BCUT2D eigenvalue weighted by Crippen LogP contribution is 2.25. The van der Waals surface area contributed by atoms with Gasteiger partial charge in [-0.25, -0.2) is 13.1 Å². The molecule has 0 aliphatic rings. The van der Waals surface area contributed by atoms with Gasteiger partial charge in [-0.05, 0) is 54.8 Å². The molecule has 0 bridgehead atoms. The summed E-state index contributed by atoms with van der Waals surface area (Å²) in [5.41, 5.74) is 2.23. The molecular formula is C23H22Cl2N2O3S. The molecule has 3 aromatic rings. The van der Waals surface area contributed by atoms with Gasteiger partial charge in [0.05, 0.1) is 15.6 Å². The Morgan fingerprint density at radius 3 is 2.29 bits per heavy atom. The van der Waals surface area contributed by atoms with Gasteiger partial charge < -0.3 is 5.32 Å². The summed E-state index contributed by atoms with van der Waals surface area (Å²) < 4.78 is 28.0. The summed E-state index contributed by atoms with van der Waals surface area (Å²) in [6.45, 7) is 1.80. The normalized spacial score (nSPS) is 12.4. The maximum absolute atomic E-state index is 12.7. The summed E-state index contributed by atoms with van der Waals surface area (Å²) in [5, 5.41) is 3.60. The molecule has 2 N–H and O–H groups in total. The number of anilines is 1. The first-order valence-corrected chi connectivity index (χ1v) is 11.9. The number of halogens is 2. The van der Waals surface area contributed by atoms with E-state index >= 15 is 0 Å². The molecule has 0 aliphatic carbocycles. The molecule has 1 amide bonds. The lowest BCUT2D eigenvalue weighted by atomic mass is 10.1. The monoisotopic (exact) mass is 476 g/mol. The van der Waals surface area contributed by atoms with Crippen LogP contribution in [0.4, 0.5) is 5.69 Å². The molecule has 3 rings (SSSR count). The zero-order chi connectivity index (χ0) is 22.4. The first-order valence-electron chi connectivity index (χ1n) is 9.66. The van der Waals surface area contributed by atoms with Crippen molar-refractivity contribution >= 4 is 44.8 Å². The summed E-state index contributed by atoms with van der Waals surface area (Å²) in [6, 6.07) is 20.4. The van der Waals surface area contributed by atoms with Gasteiger partial charge in [-0.2, -0.15) is 0 Å². The molecule has 0 aliphatic heterocycles. The summed E-state index contributed by atoms with van der Waals surface area (Å²) in [6.07, 6.45) is 0.694. The molecule has 0 radical (unpaired) electrons. The van der Waals surface area contributed by atoms with Gasteiger partial charge in [-0.3, -0.25) is 4.79 Å². The van der Waals surface area contributed by atoms with Crippen molar-refractivity contribution in [2.24, 2.45) is 0 Å². The van der Waals surface area contributed by atoms with Crippen molar-refractivity contribution in [2.45, 2.75) is 30.7 Å². The Morgan fingerprint density at radius 2 is 1.65 bits per heavy atom. The van der Waals surface area contributed by atoms with Crippen molar-refractivity contribution in [1.82, 2.24) is 4.72 Å². The van der Waals surface area contributed by atoms with Crippen LogP contribution in [-0.2, 0) is 21.2 Å². The van der Waals surface area contributed by atoms with Gasteiger partial charge in [0.25, 0.3) is 0 Å². The Kier molecular flexibility index (Phi) is 7.73. The highest BCUT2D eigenvalue weighted by molar-refractivity contribution is 7.89. The Balaban J connectivity index is 1.57. The minimum Gasteiger partial charge on any atom is -0.325 e. The predicted octanol–water partition coefficient (Wildman–Crippen LogP) is 5.60. The molecule has 0 heterocycles. The van der Waals surface area contributed by atoms with E-state index in [2.05, 4.69) is 10.0 Å². The van der Waals surface area contributed by atoms with Crippen LogP contribution in [0.15, 0.2) is 77.7 Å². The van der Waals surface area contributed by atoms with E-state index in [1.807, 2.05) is 30.3 Å². The fourth-order valence-corrected chi connectivity index (χ4v) is 4.69. The number of benzene rings is 3. The Labute approximate surface area is 192 Å². The van der Waals surface area contributed by atoms with Crippen LogP contribution in [-0.4, -0.2) is 14.3 Å². The maximum Gasteiger partial charge on any atom is 0.241 e. The van der Waals surface area contributed by atoms with Crippen LogP contribution in [0.1, 0.15) is 30.5 Å². The second-order valence-corrected chi connectivity index (χ2v) is 9.63. The van der Waals surface area contributed by atoms with Crippen molar-refractivity contribution in [2.75, 3.05) is 5.32 Å². The van der Waals surface area contributed by atoms with Crippen molar-refractivity contribution in [3.05, 3.63) is 94.0 Å². The molecule has 0 unspecified atom stereocenters. The van der Waals surface area contributed by atoms with E-state index in [1.54, 1.807) is 49.4 Å². The molecule has 0 aromatic heterocycles. The van der Waals surface area contributed by atoms with Gasteiger partial charge >= 0.3 is 0 Å². The predicted molar refractivity (Wildman–Crippen MR) is 125 cm³/mol. The Hall–Kier alpha value is -2.38. The van der Waals surface area contributed by atoms with Crippen molar-refractivity contribution in [3.63, 3.8) is 0 Å². The molecular weight excluding hydrogens is 455 g/mol. The SMILES string of the molecule is C[C@H](NS(=O)(=O)c1ccc(CCC(=O)Nc2ccc(Cl)cc2Cl)cc1)c1ccccc1. The zero-order valence-electron chi connectivity index (χ0n) is 16.8. The summed E-state index contributed by atoms with van der Waals surface area (Å²) in [7, 11) is -3.66. The summed E-state index contributed by atoms with van der Waals surface area (Å²) in [4.78, 5) is 12.4. The van der Waals surface area contributed by atoms with E-state index < -0.39 is 10.0 Å². The van der Waals surface area contributed by atoms with Crippen molar-refractivity contribution in [1.29, 1.82) is 0 Å². The first kappa shape index (κ1) is 23.3. The fourth-order valence-electron chi connectivity index (χ4n) is 3.01. The number of sulfonamides is 1. The minimum absolute atomic E-state index is 0.177. The second kappa shape index (κ2) is 10.3. The molecule has 3 aromatic carbocycles. The highest BCUT2D eigenvalue weighted by atomic mass is 35.5. The Bertz CT molecular complexity index is 1150. The summed E-state index contributed by atoms with van der Waals surface area (Å²) >= 11 is 11.9. The molecule has 8 heteroatoms. The largest absolute Gasteiger partial charge is 0.325 e.